The van der Waals surface area contributed by atoms with Crippen molar-refractivity contribution >= 4 is 14.0 Å². The molecule has 0 amide bonds. The van der Waals surface area contributed by atoms with E-state index in [9.17, 15) is 4.79 Å². The average molecular weight is 201 g/mol. The molecular weight excluding hydrogens is 193 g/mol. The highest BCUT2D eigenvalue weighted by atomic mass is 31.2. The van der Waals surface area contributed by atoms with Crippen LogP contribution in [0.5, 0.6) is 11.5 Å². The van der Waals surface area contributed by atoms with Crippen molar-refractivity contribution in [2.24, 2.45) is 5.50 Å². The number of carboxylic acid groups (broad SMARTS) is 1. The van der Waals surface area contributed by atoms with Crippen LogP contribution in [0.3, 0.4) is 0 Å². The zero-order valence-corrected chi connectivity index (χ0v) is 7.44. The molecule has 1 aromatic rings. The average Bonchev–Trinajstić information content (AvgIpc) is 2.08. The summed E-state index contributed by atoms with van der Waals surface area (Å²) in [5, 5.41) is 17.3. The fourth-order valence-electron chi connectivity index (χ4n) is 0.660. The minimum atomic E-state index is -1.99. The summed E-state index contributed by atoms with van der Waals surface area (Å²) in [4.78, 5) is 10.3. The van der Waals surface area contributed by atoms with Crippen LogP contribution in [-0.2, 0) is 0 Å². The molecule has 0 aromatic heterocycles. The van der Waals surface area contributed by atoms with Gasteiger partial charge in [0.25, 0.3) is 8.30 Å². The summed E-state index contributed by atoms with van der Waals surface area (Å²) in [5.41, 5.74) is 3.99. The number of hydrogen-bond donors (Lipinski definition) is 3. The van der Waals surface area contributed by atoms with Gasteiger partial charge in [-0.1, -0.05) is 0 Å². The quantitative estimate of drug-likeness (QED) is 0.647. The first-order chi connectivity index (χ1) is 6.09. The molecule has 1 rings (SSSR count). The van der Waals surface area contributed by atoms with E-state index in [4.69, 9.17) is 20.2 Å². The van der Waals surface area contributed by atoms with Gasteiger partial charge in [-0.05, 0) is 24.3 Å². The molecule has 6 heteroatoms. The zero-order chi connectivity index (χ0) is 9.84. The number of benzene rings is 1. The Hall–Kier alpha value is -1.32. The molecule has 0 aliphatic rings. The topological polar surface area (TPSA) is 92.8 Å². The van der Waals surface area contributed by atoms with Gasteiger partial charge in [-0.3, -0.25) is 5.50 Å². The number of phenolic OH excluding ortho intramolecular Hbond substituents is 1. The van der Waals surface area contributed by atoms with Crippen molar-refractivity contribution in [2.75, 3.05) is 0 Å². The van der Waals surface area contributed by atoms with Gasteiger partial charge < -0.3 is 14.7 Å². The molecule has 0 unspecified atom stereocenters. The highest BCUT2D eigenvalue weighted by Gasteiger charge is 2.14. The summed E-state index contributed by atoms with van der Waals surface area (Å²) in [5.74, 6) is 0.415. The van der Waals surface area contributed by atoms with E-state index in [0.29, 0.717) is 5.75 Å². The second kappa shape index (κ2) is 4.07. The summed E-state index contributed by atoms with van der Waals surface area (Å²) in [6.07, 6.45) is 0. The number of aromatic hydroxyl groups is 1. The van der Waals surface area contributed by atoms with E-state index in [0.717, 1.165) is 0 Å². The number of rotatable bonds is 3. The number of hydrogen-bond acceptors (Lipinski definition) is 4. The lowest BCUT2D eigenvalue weighted by Crippen LogP contribution is -2.04. The molecule has 0 bridgehead atoms. The third-order valence-electron chi connectivity index (χ3n) is 1.23. The van der Waals surface area contributed by atoms with Gasteiger partial charge in [-0.25, -0.2) is 4.79 Å². The van der Waals surface area contributed by atoms with Gasteiger partial charge in [0.05, 0.1) is 0 Å². The van der Waals surface area contributed by atoms with Gasteiger partial charge in [0.2, 0.25) is 0 Å². The van der Waals surface area contributed by atoms with Crippen molar-refractivity contribution in [3.63, 3.8) is 0 Å². The van der Waals surface area contributed by atoms with Crippen molar-refractivity contribution in [3.05, 3.63) is 24.3 Å². The molecule has 5 nitrogen and oxygen atoms in total. The van der Waals surface area contributed by atoms with Gasteiger partial charge in [0, 0.05) is 0 Å². The maximum absolute atomic E-state index is 10.3. The molecule has 0 heterocycles. The Kier molecular flexibility index (Phi) is 3.06. The van der Waals surface area contributed by atoms with E-state index in [1.165, 1.54) is 24.3 Å². The van der Waals surface area contributed by atoms with Gasteiger partial charge in [-0.2, -0.15) is 0 Å². The predicted molar refractivity (Wildman–Crippen MR) is 47.9 cm³/mol. The maximum Gasteiger partial charge on any atom is 0.380 e. The molecule has 0 aliphatic heterocycles. The fourth-order valence-corrected chi connectivity index (χ4v) is 1.09. The van der Waals surface area contributed by atoms with Gasteiger partial charge in [0.15, 0.2) is 0 Å². The molecular formula is C7H8NO4P. The smallest absolute Gasteiger partial charge is 0.380 e. The van der Waals surface area contributed by atoms with Gasteiger partial charge in [-0.15, -0.1) is 0 Å². The summed E-state index contributed by atoms with van der Waals surface area (Å²) < 4.78 is 4.86. The van der Waals surface area contributed by atoms with Crippen LogP contribution in [0.2, 0.25) is 0 Å². The van der Waals surface area contributed by atoms with Crippen LogP contribution >= 0.6 is 8.30 Å². The first kappa shape index (κ1) is 9.77. The van der Waals surface area contributed by atoms with Crippen molar-refractivity contribution in [1.29, 1.82) is 0 Å². The lowest BCUT2D eigenvalue weighted by atomic mass is 10.3. The lowest BCUT2D eigenvalue weighted by molar-refractivity contribution is 0.219. The van der Waals surface area contributed by atoms with E-state index in [1.54, 1.807) is 0 Å². The number of nitrogens with two attached hydrogens (primary N) is 1. The number of carbonyl (C=O) groups is 1. The summed E-state index contributed by atoms with van der Waals surface area (Å²) in [6.45, 7) is 0. The molecule has 0 aliphatic carbocycles. The molecule has 0 spiro atoms. The highest BCUT2D eigenvalue weighted by Crippen LogP contribution is 2.31. The Morgan fingerprint density at radius 2 is 1.92 bits per heavy atom. The summed E-state index contributed by atoms with van der Waals surface area (Å²) in [6, 6.07) is 5.67. The normalized spacial score (nSPS) is 12.1. The maximum atomic E-state index is 10.3. The molecule has 70 valence electrons. The van der Waals surface area contributed by atoms with Crippen LogP contribution in [0, 0.1) is 0 Å². The van der Waals surface area contributed by atoms with Crippen LogP contribution < -0.4 is 10.0 Å². The van der Waals surface area contributed by atoms with Crippen LogP contribution in [0.1, 0.15) is 0 Å². The molecule has 0 radical (unpaired) electrons. The largest absolute Gasteiger partial charge is 0.508 e. The monoisotopic (exact) mass is 201 g/mol. The summed E-state index contributed by atoms with van der Waals surface area (Å²) >= 11 is 0. The minimum Gasteiger partial charge on any atom is -0.508 e. The van der Waals surface area contributed by atoms with Crippen LogP contribution in [-0.4, -0.2) is 15.9 Å². The van der Waals surface area contributed by atoms with E-state index in [1.807, 2.05) is 0 Å². The zero-order valence-electron chi connectivity index (χ0n) is 6.54. The molecule has 0 saturated carbocycles. The Morgan fingerprint density at radius 3 is 2.38 bits per heavy atom. The third-order valence-corrected chi connectivity index (χ3v) is 2.01. The summed E-state index contributed by atoms with van der Waals surface area (Å²) in [7, 11) is -1.99. The first-order valence-electron chi connectivity index (χ1n) is 3.34. The highest BCUT2D eigenvalue weighted by molar-refractivity contribution is 7.67. The van der Waals surface area contributed by atoms with E-state index in [-0.39, 0.29) is 5.75 Å². The fraction of sp³-hybridized carbons (Fsp3) is 0. The lowest BCUT2D eigenvalue weighted by Gasteiger charge is -2.07. The molecule has 1 aromatic carbocycles. The second-order valence-electron chi connectivity index (χ2n) is 2.19. The predicted octanol–water partition coefficient (Wildman–Crippen LogP) is 1.72. The van der Waals surface area contributed by atoms with E-state index in [2.05, 4.69) is 0 Å². The standard InChI is InChI=1S/C7H8NO4P/c8-13(7(10)11)12-6-3-1-5(9)2-4-6/h1-4,9H,8H2,(H,10,11)/t13-/m0/s1. The molecule has 1 atom stereocenters. The van der Waals surface area contributed by atoms with E-state index < -0.39 is 14.0 Å². The third kappa shape index (κ3) is 2.89. The molecule has 4 N–H and O–H groups in total. The Morgan fingerprint density at radius 1 is 1.38 bits per heavy atom. The van der Waals surface area contributed by atoms with Gasteiger partial charge in [0.1, 0.15) is 11.5 Å². The van der Waals surface area contributed by atoms with Crippen molar-refractivity contribution < 1.29 is 19.5 Å². The van der Waals surface area contributed by atoms with Crippen LogP contribution in [0.25, 0.3) is 0 Å². The first-order valence-corrected chi connectivity index (χ1v) is 4.67. The molecule has 0 saturated heterocycles. The Balaban J connectivity index is 2.64. The van der Waals surface area contributed by atoms with Gasteiger partial charge >= 0.3 is 5.71 Å². The van der Waals surface area contributed by atoms with Crippen molar-refractivity contribution in [1.82, 2.24) is 0 Å². The van der Waals surface area contributed by atoms with Crippen molar-refractivity contribution in [2.45, 2.75) is 0 Å². The second-order valence-corrected chi connectivity index (χ2v) is 3.41. The SMILES string of the molecule is N[P@@](Oc1ccc(O)cc1)C(=O)O. The van der Waals surface area contributed by atoms with Crippen LogP contribution in [0.4, 0.5) is 4.79 Å². The van der Waals surface area contributed by atoms with Crippen molar-refractivity contribution in [3.8, 4) is 11.5 Å². The number of phenols is 1. The Labute approximate surface area is 75.6 Å². The molecule has 13 heavy (non-hydrogen) atoms. The molecule has 0 fully saturated rings. The minimum absolute atomic E-state index is 0.0871. The Bertz CT molecular complexity index is 300. The van der Waals surface area contributed by atoms with E-state index >= 15 is 0 Å². The van der Waals surface area contributed by atoms with Crippen LogP contribution in [0.15, 0.2) is 24.3 Å².